The third-order valence-electron chi connectivity index (χ3n) is 6.61. The van der Waals surface area contributed by atoms with Crippen LogP contribution in [0.25, 0.3) is 10.9 Å². The van der Waals surface area contributed by atoms with Crippen LogP contribution in [0.1, 0.15) is 41.9 Å². The molecule has 2 atom stereocenters. The molecule has 2 aliphatic rings. The normalized spacial score (nSPS) is 21.5. The number of nitrogens with zero attached hydrogens (tertiary/aromatic N) is 3. The van der Waals surface area contributed by atoms with Crippen LogP contribution in [0.5, 0.6) is 0 Å². The number of nitrogens with one attached hydrogen (secondary N) is 3. The molecule has 3 N–H and O–H groups in total. The minimum atomic E-state index is -0.144. The lowest BCUT2D eigenvalue weighted by molar-refractivity contribution is 0.102. The van der Waals surface area contributed by atoms with Gasteiger partial charge in [-0.2, -0.15) is 0 Å². The summed E-state index contributed by atoms with van der Waals surface area (Å²) >= 11 is 0. The van der Waals surface area contributed by atoms with Gasteiger partial charge in [0.1, 0.15) is 5.82 Å². The molecule has 4 heterocycles. The summed E-state index contributed by atoms with van der Waals surface area (Å²) in [6.07, 6.45) is 4.22. The molecule has 1 aromatic carbocycles. The number of halogens is 1. The zero-order chi connectivity index (χ0) is 21.4. The average Bonchev–Trinajstić information content (AvgIpc) is 3.39. The van der Waals surface area contributed by atoms with Gasteiger partial charge in [0.05, 0.1) is 5.52 Å². The molecule has 2 aromatic heterocycles. The van der Waals surface area contributed by atoms with Crippen LogP contribution in [-0.4, -0.2) is 60.0 Å². The maximum Gasteiger partial charge on any atom is 0.256 e. The molecule has 2 aliphatic heterocycles. The van der Waals surface area contributed by atoms with Gasteiger partial charge in [-0.1, -0.05) is 0 Å². The molecule has 0 saturated carbocycles. The highest BCUT2D eigenvalue weighted by Gasteiger charge is 2.24. The molecule has 2 fully saturated rings. The van der Waals surface area contributed by atoms with E-state index in [1.54, 1.807) is 0 Å². The SMILES string of the molecule is C[C@H]1CNCCN1c1ccc(C(=O)Nc2cc3[nH]c([C@H]4CCCN4C)cc3cn2)cc1.Cl. The highest BCUT2D eigenvalue weighted by atomic mass is 35.5. The summed E-state index contributed by atoms with van der Waals surface area (Å²) in [6, 6.07) is 12.8. The van der Waals surface area contributed by atoms with Crippen LogP contribution < -0.4 is 15.5 Å². The van der Waals surface area contributed by atoms with E-state index in [1.165, 1.54) is 18.5 Å². The number of aromatic nitrogens is 2. The molecular weight excluding hydrogens is 424 g/mol. The summed E-state index contributed by atoms with van der Waals surface area (Å²) in [4.78, 5) is 25.5. The first-order chi connectivity index (χ1) is 15.1. The van der Waals surface area contributed by atoms with Crippen LogP contribution in [0.4, 0.5) is 11.5 Å². The van der Waals surface area contributed by atoms with E-state index in [1.807, 2.05) is 36.5 Å². The third-order valence-corrected chi connectivity index (χ3v) is 6.61. The standard InChI is InChI=1S/C24H30N6O.ClH/c1-16-14-25-9-11-30(16)19-7-5-17(6-8-19)24(31)28-23-13-20-18(15-26-23)12-21(27-20)22-4-3-10-29(22)2;/h5-8,12-13,15-16,22,25,27H,3-4,9-11,14H2,1-2H3,(H,26,28,31);1H/t16-,22+;/m0./s1. The first-order valence-corrected chi connectivity index (χ1v) is 11.2. The highest BCUT2D eigenvalue weighted by Crippen LogP contribution is 2.32. The molecule has 8 heteroatoms. The minimum Gasteiger partial charge on any atom is -0.366 e. The molecule has 3 aromatic rings. The summed E-state index contributed by atoms with van der Waals surface area (Å²) in [5, 5.41) is 7.42. The Kier molecular flexibility index (Phi) is 6.69. The van der Waals surface area contributed by atoms with Crippen LogP contribution in [-0.2, 0) is 0 Å². The molecule has 0 aliphatic carbocycles. The summed E-state index contributed by atoms with van der Waals surface area (Å²) in [5.74, 6) is 0.416. The number of rotatable bonds is 4. The lowest BCUT2D eigenvalue weighted by Gasteiger charge is -2.35. The molecule has 32 heavy (non-hydrogen) atoms. The lowest BCUT2D eigenvalue weighted by atomic mass is 10.1. The van der Waals surface area contributed by atoms with Gasteiger partial charge in [0.2, 0.25) is 0 Å². The van der Waals surface area contributed by atoms with E-state index in [-0.39, 0.29) is 18.3 Å². The molecule has 5 rings (SSSR count). The summed E-state index contributed by atoms with van der Waals surface area (Å²) in [7, 11) is 2.17. The van der Waals surface area contributed by atoms with Crippen molar-refractivity contribution in [2.75, 3.05) is 43.4 Å². The van der Waals surface area contributed by atoms with Gasteiger partial charge in [0, 0.05) is 66.3 Å². The summed E-state index contributed by atoms with van der Waals surface area (Å²) in [5.41, 5.74) is 4.01. The van der Waals surface area contributed by atoms with E-state index < -0.39 is 0 Å². The van der Waals surface area contributed by atoms with Crippen molar-refractivity contribution in [2.45, 2.75) is 31.8 Å². The van der Waals surface area contributed by atoms with Gasteiger partial charge < -0.3 is 20.5 Å². The predicted molar refractivity (Wildman–Crippen MR) is 132 cm³/mol. The van der Waals surface area contributed by atoms with Crippen molar-refractivity contribution in [1.82, 2.24) is 20.2 Å². The molecule has 0 spiro atoms. The fourth-order valence-corrected chi connectivity index (χ4v) is 4.82. The van der Waals surface area contributed by atoms with Crippen molar-refractivity contribution in [2.24, 2.45) is 0 Å². The Morgan fingerprint density at radius 2 is 2.00 bits per heavy atom. The predicted octanol–water partition coefficient (Wildman–Crippen LogP) is 3.80. The Balaban J connectivity index is 0.00000245. The Morgan fingerprint density at radius 1 is 1.19 bits per heavy atom. The second-order valence-corrected chi connectivity index (χ2v) is 8.77. The van der Waals surface area contributed by atoms with Gasteiger partial charge in [0.15, 0.2) is 0 Å². The van der Waals surface area contributed by atoms with E-state index in [2.05, 4.69) is 50.4 Å². The Labute approximate surface area is 195 Å². The first kappa shape index (κ1) is 22.6. The highest BCUT2D eigenvalue weighted by molar-refractivity contribution is 6.04. The summed E-state index contributed by atoms with van der Waals surface area (Å²) in [6.45, 7) is 6.29. The van der Waals surface area contributed by atoms with Crippen LogP contribution >= 0.6 is 12.4 Å². The molecule has 0 radical (unpaired) electrons. The number of benzene rings is 1. The number of amides is 1. The minimum absolute atomic E-state index is 0. The fraction of sp³-hybridized carbons (Fsp3) is 0.417. The average molecular weight is 455 g/mol. The maximum atomic E-state index is 12.8. The zero-order valence-corrected chi connectivity index (χ0v) is 19.4. The van der Waals surface area contributed by atoms with E-state index in [9.17, 15) is 4.79 Å². The number of aromatic amines is 1. The van der Waals surface area contributed by atoms with E-state index >= 15 is 0 Å². The van der Waals surface area contributed by atoms with E-state index in [0.29, 0.717) is 23.5 Å². The number of H-pyrrole nitrogens is 1. The number of pyridine rings is 1. The first-order valence-electron chi connectivity index (χ1n) is 11.2. The Bertz CT molecular complexity index is 1080. The van der Waals surface area contributed by atoms with Gasteiger partial charge in [-0.3, -0.25) is 9.69 Å². The van der Waals surface area contributed by atoms with E-state index in [0.717, 1.165) is 42.8 Å². The van der Waals surface area contributed by atoms with E-state index in [4.69, 9.17) is 0 Å². The molecule has 0 bridgehead atoms. The Hall–Kier alpha value is -2.61. The van der Waals surface area contributed by atoms with Gasteiger partial charge in [0.25, 0.3) is 5.91 Å². The second kappa shape index (κ2) is 9.48. The number of piperazine rings is 1. The molecule has 7 nitrogen and oxygen atoms in total. The van der Waals surface area contributed by atoms with Crippen molar-refractivity contribution < 1.29 is 4.79 Å². The van der Waals surface area contributed by atoms with Crippen molar-refractivity contribution >= 4 is 40.7 Å². The second-order valence-electron chi connectivity index (χ2n) is 8.77. The molecule has 0 unspecified atom stereocenters. The number of fused-ring (bicyclic) bond motifs is 1. The van der Waals surface area contributed by atoms with Crippen molar-refractivity contribution in [3.8, 4) is 0 Å². The largest absolute Gasteiger partial charge is 0.366 e. The van der Waals surface area contributed by atoms with Crippen LogP contribution in [0.15, 0.2) is 42.6 Å². The lowest BCUT2D eigenvalue weighted by Crippen LogP contribution is -2.49. The molecule has 1 amide bonds. The van der Waals surface area contributed by atoms with Gasteiger partial charge in [-0.25, -0.2) is 4.98 Å². The zero-order valence-electron chi connectivity index (χ0n) is 18.6. The number of carbonyl (C=O) groups is 1. The van der Waals surface area contributed by atoms with Crippen molar-refractivity contribution in [3.05, 3.63) is 53.9 Å². The van der Waals surface area contributed by atoms with Gasteiger partial charge >= 0.3 is 0 Å². The Morgan fingerprint density at radius 3 is 2.72 bits per heavy atom. The third kappa shape index (κ3) is 4.46. The molecule has 170 valence electrons. The number of hydrogen-bond acceptors (Lipinski definition) is 5. The summed E-state index contributed by atoms with van der Waals surface area (Å²) < 4.78 is 0. The smallest absolute Gasteiger partial charge is 0.256 e. The van der Waals surface area contributed by atoms with Crippen LogP contribution in [0.2, 0.25) is 0 Å². The van der Waals surface area contributed by atoms with Crippen molar-refractivity contribution in [1.29, 1.82) is 0 Å². The number of likely N-dealkylation sites (tertiary alicyclic amines) is 1. The molecular formula is C24H31ClN6O. The van der Waals surface area contributed by atoms with Gasteiger partial charge in [-0.15, -0.1) is 12.4 Å². The maximum absolute atomic E-state index is 12.8. The number of anilines is 2. The molecule has 2 saturated heterocycles. The topological polar surface area (TPSA) is 76.3 Å². The fourth-order valence-electron chi connectivity index (χ4n) is 4.82. The monoisotopic (exact) mass is 454 g/mol. The quantitative estimate of drug-likeness (QED) is 0.559. The van der Waals surface area contributed by atoms with Crippen molar-refractivity contribution in [3.63, 3.8) is 0 Å². The number of hydrogen-bond donors (Lipinski definition) is 3. The van der Waals surface area contributed by atoms with Crippen LogP contribution in [0, 0.1) is 0 Å². The van der Waals surface area contributed by atoms with Gasteiger partial charge in [-0.05, 0) is 63.7 Å². The van der Waals surface area contributed by atoms with Crippen LogP contribution in [0.3, 0.4) is 0 Å². The number of carbonyl (C=O) groups excluding carboxylic acids is 1.